The van der Waals surface area contributed by atoms with Crippen LogP contribution >= 0.6 is 0 Å². The van der Waals surface area contributed by atoms with Gasteiger partial charge in [-0.1, -0.05) is 24.3 Å². The van der Waals surface area contributed by atoms with Gasteiger partial charge in [0, 0.05) is 18.6 Å². The average molecular weight is 218 g/mol. The Bertz CT molecular complexity index is 348. The topological polar surface area (TPSA) is 29.3 Å². The third kappa shape index (κ3) is 2.13. The number of aryl methyl sites for hydroxylation is 1. The quantitative estimate of drug-likeness (QED) is 0.844. The molecule has 0 radical (unpaired) electrons. The smallest absolute Gasteiger partial charge is 0.0325 e. The molecule has 1 aliphatic rings. The van der Waals surface area contributed by atoms with Gasteiger partial charge in [-0.2, -0.15) is 0 Å². The fourth-order valence-corrected chi connectivity index (χ4v) is 2.86. The van der Waals surface area contributed by atoms with Crippen molar-refractivity contribution in [1.82, 2.24) is 4.90 Å². The second-order valence-electron chi connectivity index (χ2n) is 4.80. The Morgan fingerprint density at radius 1 is 1.44 bits per heavy atom. The summed E-state index contributed by atoms with van der Waals surface area (Å²) in [7, 11) is 0. The van der Waals surface area contributed by atoms with Crippen molar-refractivity contribution >= 4 is 0 Å². The van der Waals surface area contributed by atoms with Gasteiger partial charge in [-0.3, -0.25) is 4.90 Å². The Kier molecular flexibility index (Phi) is 3.62. The Hall–Kier alpha value is -0.860. The summed E-state index contributed by atoms with van der Waals surface area (Å²) in [5.74, 6) is 0. The zero-order chi connectivity index (χ0) is 11.5. The lowest BCUT2D eigenvalue weighted by Gasteiger charge is -2.31. The first-order valence-electron chi connectivity index (χ1n) is 6.25. The van der Waals surface area contributed by atoms with E-state index in [1.54, 1.807) is 0 Å². The van der Waals surface area contributed by atoms with Gasteiger partial charge in [0.15, 0.2) is 0 Å². The number of rotatable bonds is 3. The molecule has 2 nitrogen and oxygen atoms in total. The van der Waals surface area contributed by atoms with Crippen LogP contribution in [-0.2, 0) is 0 Å². The standard InChI is InChI=1S/C14H22N2/c1-11-6-3-4-8-14(11)12(2)16-9-5-7-13(16)10-15/h3-4,6,8,12-13H,5,7,9-10,15H2,1-2H3. The number of hydrogen-bond acceptors (Lipinski definition) is 2. The molecule has 1 heterocycles. The molecule has 1 aliphatic heterocycles. The zero-order valence-corrected chi connectivity index (χ0v) is 10.3. The van der Waals surface area contributed by atoms with Crippen LogP contribution in [0.4, 0.5) is 0 Å². The number of likely N-dealkylation sites (tertiary alicyclic amines) is 1. The predicted molar refractivity (Wildman–Crippen MR) is 68.4 cm³/mol. The van der Waals surface area contributed by atoms with E-state index in [-0.39, 0.29) is 0 Å². The van der Waals surface area contributed by atoms with Gasteiger partial charge in [0.25, 0.3) is 0 Å². The Morgan fingerprint density at radius 3 is 2.88 bits per heavy atom. The molecule has 1 saturated heterocycles. The summed E-state index contributed by atoms with van der Waals surface area (Å²) in [5.41, 5.74) is 8.67. The van der Waals surface area contributed by atoms with E-state index in [0.717, 1.165) is 6.54 Å². The first-order chi connectivity index (χ1) is 7.74. The molecular formula is C14H22N2. The molecule has 1 fully saturated rings. The summed E-state index contributed by atoms with van der Waals surface area (Å²) in [5, 5.41) is 0. The number of nitrogens with zero attached hydrogens (tertiary/aromatic N) is 1. The minimum absolute atomic E-state index is 0.497. The summed E-state index contributed by atoms with van der Waals surface area (Å²) < 4.78 is 0. The van der Waals surface area contributed by atoms with Crippen LogP contribution in [0.15, 0.2) is 24.3 Å². The van der Waals surface area contributed by atoms with E-state index in [4.69, 9.17) is 5.73 Å². The minimum Gasteiger partial charge on any atom is -0.329 e. The molecule has 0 spiro atoms. The van der Waals surface area contributed by atoms with E-state index in [1.165, 1.54) is 30.5 Å². The summed E-state index contributed by atoms with van der Waals surface area (Å²) in [6.45, 7) is 6.48. The highest BCUT2D eigenvalue weighted by Gasteiger charge is 2.28. The number of nitrogens with two attached hydrogens (primary N) is 1. The normalized spacial score (nSPS) is 23.6. The van der Waals surface area contributed by atoms with Gasteiger partial charge < -0.3 is 5.73 Å². The summed E-state index contributed by atoms with van der Waals surface area (Å²) in [4.78, 5) is 2.56. The molecule has 1 aromatic rings. The molecule has 0 saturated carbocycles. The van der Waals surface area contributed by atoms with Gasteiger partial charge in [-0.05, 0) is 44.4 Å². The van der Waals surface area contributed by atoms with Gasteiger partial charge in [0.2, 0.25) is 0 Å². The maximum absolute atomic E-state index is 5.84. The van der Waals surface area contributed by atoms with Crippen molar-refractivity contribution in [2.24, 2.45) is 5.73 Å². The molecule has 88 valence electrons. The van der Waals surface area contributed by atoms with E-state index in [0.29, 0.717) is 12.1 Å². The fourth-order valence-electron chi connectivity index (χ4n) is 2.86. The van der Waals surface area contributed by atoms with Crippen molar-refractivity contribution in [3.63, 3.8) is 0 Å². The van der Waals surface area contributed by atoms with Crippen LogP contribution in [0.1, 0.15) is 36.9 Å². The maximum Gasteiger partial charge on any atom is 0.0325 e. The van der Waals surface area contributed by atoms with Crippen LogP contribution < -0.4 is 5.73 Å². The average Bonchev–Trinajstić information content (AvgIpc) is 2.77. The Labute approximate surface area is 98.4 Å². The molecule has 2 N–H and O–H groups in total. The van der Waals surface area contributed by atoms with Crippen molar-refractivity contribution in [2.45, 2.75) is 38.8 Å². The van der Waals surface area contributed by atoms with Crippen LogP contribution in [0.2, 0.25) is 0 Å². The molecule has 2 atom stereocenters. The number of benzene rings is 1. The molecule has 0 amide bonds. The van der Waals surface area contributed by atoms with Gasteiger partial charge in [-0.25, -0.2) is 0 Å². The van der Waals surface area contributed by atoms with Crippen LogP contribution in [0, 0.1) is 6.92 Å². The first-order valence-corrected chi connectivity index (χ1v) is 6.25. The van der Waals surface area contributed by atoms with E-state index in [9.17, 15) is 0 Å². The molecule has 1 aromatic carbocycles. The zero-order valence-electron chi connectivity index (χ0n) is 10.3. The van der Waals surface area contributed by atoms with Crippen LogP contribution in [0.25, 0.3) is 0 Å². The molecule has 2 heteroatoms. The second-order valence-corrected chi connectivity index (χ2v) is 4.80. The highest BCUT2D eigenvalue weighted by atomic mass is 15.2. The fraction of sp³-hybridized carbons (Fsp3) is 0.571. The summed E-state index contributed by atoms with van der Waals surface area (Å²) >= 11 is 0. The van der Waals surface area contributed by atoms with E-state index in [2.05, 4.69) is 43.0 Å². The van der Waals surface area contributed by atoms with Gasteiger partial charge in [0.05, 0.1) is 0 Å². The Morgan fingerprint density at radius 2 is 2.19 bits per heavy atom. The van der Waals surface area contributed by atoms with Crippen molar-refractivity contribution in [3.05, 3.63) is 35.4 Å². The van der Waals surface area contributed by atoms with Crippen molar-refractivity contribution < 1.29 is 0 Å². The maximum atomic E-state index is 5.84. The first kappa shape index (κ1) is 11.6. The summed E-state index contributed by atoms with van der Waals surface area (Å²) in [6, 6.07) is 9.75. The molecule has 2 unspecified atom stereocenters. The second kappa shape index (κ2) is 4.98. The van der Waals surface area contributed by atoms with Gasteiger partial charge in [-0.15, -0.1) is 0 Å². The van der Waals surface area contributed by atoms with E-state index in [1.807, 2.05) is 0 Å². The SMILES string of the molecule is Cc1ccccc1C(C)N1CCCC1CN. The molecule has 0 bridgehead atoms. The molecular weight excluding hydrogens is 196 g/mol. The molecule has 2 rings (SSSR count). The minimum atomic E-state index is 0.497. The third-order valence-corrected chi connectivity index (χ3v) is 3.83. The molecule has 16 heavy (non-hydrogen) atoms. The van der Waals surface area contributed by atoms with Crippen molar-refractivity contribution in [3.8, 4) is 0 Å². The van der Waals surface area contributed by atoms with Crippen LogP contribution in [0.5, 0.6) is 0 Å². The van der Waals surface area contributed by atoms with E-state index >= 15 is 0 Å². The monoisotopic (exact) mass is 218 g/mol. The van der Waals surface area contributed by atoms with Gasteiger partial charge >= 0.3 is 0 Å². The third-order valence-electron chi connectivity index (χ3n) is 3.83. The molecule has 0 aliphatic carbocycles. The highest BCUT2D eigenvalue weighted by molar-refractivity contribution is 5.28. The Balaban J connectivity index is 2.18. The number of hydrogen-bond donors (Lipinski definition) is 1. The summed E-state index contributed by atoms with van der Waals surface area (Å²) in [6.07, 6.45) is 2.55. The molecule has 0 aromatic heterocycles. The predicted octanol–water partition coefficient (Wildman–Crippen LogP) is 2.48. The lowest BCUT2D eigenvalue weighted by molar-refractivity contribution is 0.196. The largest absolute Gasteiger partial charge is 0.329 e. The van der Waals surface area contributed by atoms with Crippen LogP contribution in [-0.4, -0.2) is 24.0 Å². The lowest BCUT2D eigenvalue weighted by atomic mass is 10.0. The van der Waals surface area contributed by atoms with Crippen molar-refractivity contribution in [2.75, 3.05) is 13.1 Å². The van der Waals surface area contributed by atoms with Crippen molar-refractivity contribution in [1.29, 1.82) is 0 Å². The highest BCUT2D eigenvalue weighted by Crippen LogP contribution is 2.30. The van der Waals surface area contributed by atoms with Gasteiger partial charge in [0.1, 0.15) is 0 Å². The lowest BCUT2D eigenvalue weighted by Crippen LogP contribution is -2.37. The van der Waals surface area contributed by atoms with E-state index < -0.39 is 0 Å². The van der Waals surface area contributed by atoms with Crippen LogP contribution in [0.3, 0.4) is 0 Å².